The van der Waals surface area contributed by atoms with Crippen LogP contribution in [0.25, 0.3) is 5.76 Å². The van der Waals surface area contributed by atoms with E-state index >= 15 is 0 Å². The Labute approximate surface area is 231 Å². The Morgan fingerprint density at radius 2 is 1.60 bits per heavy atom. The molecule has 1 amide bonds. The Balaban J connectivity index is 1.67. The number of rotatable bonds is 9. The maximum absolute atomic E-state index is 13.6. The number of hydrogen-bond acceptors (Lipinski definition) is 11. The summed E-state index contributed by atoms with van der Waals surface area (Å²) in [6.07, 6.45) is 0. The van der Waals surface area contributed by atoms with Crippen LogP contribution in [0.2, 0.25) is 0 Å². The average Bonchev–Trinajstić information content (AvgIpc) is 3.58. The molecular weight excluding hydrogens is 524 g/mol. The highest BCUT2D eigenvalue weighted by atomic mass is 16.7. The molecule has 2 aromatic rings. The first-order chi connectivity index (χ1) is 19.4. The summed E-state index contributed by atoms with van der Waals surface area (Å²) in [5.74, 6) is 0.141. The van der Waals surface area contributed by atoms with Gasteiger partial charge in [0.15, 0.2) is 23.0 Å². The number of Topliss-reactive ketones (excluding diaryl/α,β-unsaturated/α-hetero) is 1. The molecule has 2 aromatic carbocycles. The number of ether oxygens (including phenoxy) is 7. The zero-order valence-electron chi connectivity index (χ0n) is 22.9. The number of benzene rings is 2. The number of hydrogen-bond donors (Lipinski definition) is 1. The van der Waals surface area contributed by atoms with Gasteiger partial charge in [-0.05, 0) is 24.3 Å². The van der Waals surface area contributed by atoms with Crippen LogP contribution in [0, 0.1) is 0 Å². The van der Waals surface area contributed by atoms with Crippen LogP contribution in [0.3, 0.4) is 0 Å². The van der Waals surface area contributed by atoms with Crippen LogP contribution >= 0.6 is 0 Å². The summed E-state index contributed by atoms with van der Waals surface area (Å²) in [4.78, 5) is 30.7. The Kier molecular flexibility index (Phi) is 7.90. The van der Waals surface area contributed by atoms with E-state index in [1.807, 2.05) is 0 Å². The van der Waals surface area contributed by atoms with Gasteiger partial charge in [-0.1, -0.05) is 0 Å². The smallest absolute Gasteiger partial charge is 0.295 e. The van der Waals surface area contributed by atoms with Gasteiger partial charge >= 0.3 is 0 Å². The number of carbonyl (C=O) groups is 2. The van der Waals surface area contributed by atoms with Gasteiger partial charge in [-0.2, -0.15) is 0 Å². The Hall–Kier alpha value is -4.16. The molecule has 3 aliphatic rings. The number of methoxy groups -OCH3 is 4. The van der Waals surface area contributed by atoms with E-state index in [1.54, 1.807) is 24.3 Å². The third kappa shape index (κ3) is 4.73. The molecule has 1 unspecified atom stereocenters. The number of fused-ring (bicyclic) bond motifs is 1. The second kappa shape index (κ2) is 11.5. The predicted octanol–water partition coefficient (Wildman–Crippen LogP) is 2.20. The predicted molar refractivity (Wildman–Crippen MR) is 141 cm³/mol. The molecule has 0 aliphatic carbocycles. The molecule has 0 spiro atoms. The Morgan fingerprint density at radius 3 is 2.27 bits per heavy atom. The first-order valence-electron chi connectivity index (χ1n) is 12.8. The average molecular weight is 557 g/mol. The molecule has 3 heterocycles. The summed E-state index contributed by atoms with van der Waals surface area (Å²) in [5.41, 5.74) is 0.589. The van der Waals surface area contributed by atoms with Gasteiger partial charge in [0.2, 0.25) is 18.3 Å². The largest absolute Gasteiger partial charge is 0.507 e. The third-order valence-corrected chi connectivity index (χ3v) is 7.27. The lowest BCUT2D eigenvalue weighted by Gasteiger charge is -2.31. The molecule has 214 valence electrons. The molecule has 1 N–H and O–H groups in total. The van der Waals surface area contributed by atoms with Crippen LogP contribution in [0.15, 0.2) is 29.8 Å². The summed E-state index contributed by atoms with van der Waals surface area (Å²) >= 11 is 0. The standard InChI is InChI=1S/C28H32N2O10/c1-34-18-6-5-16(13-19(18)35-2)23(31)21-22(17-14-20(36-3)26-27(25(17)37-4)40-15-39-26)30(28(33)24(21)32)8-7-29-9-11-38-12-10-29/h5-6,13-14,22,31H,7-12,15H2,1-4H3. The monoisotopic (exact) mass is 556 g/mol. The molecule has 0 bridgehead atoms. The van der Waals surface area contributed by atoms with Crippen molar-refractivity contribution in [2.75, 3.05) is 74.6 Å². The number of nitrogens with zero attached hydrogens (tertiary/aromatic N) is 2. The minimum atomic E-state index is -1.01. The number of aliphatic hydroxyl groups excluding tert-OH is 1. The summed E-state index contributed by atoms with van der Waals surface area (Å²) < 4.78 is 38.7. The zero-order chi connectivity index (χ0) is 28.4. The molecule has 3 aliphatic heterocycles. The lowest BCUT2D eigenvalue weighted by Crippen LogP contribution is -2.42. The maximum atomic E-state index is 13.6. The normalized spacial score (nSPS) is 20.1. The van der Waals surface area contributed by atoms with Crippen molar-refractivity contribution in [1.82, 2.24) is 9.80 Å². The summed E-state index contributed by atoms with van der Waals surface area (Å²) in [7, 11) is 5.90. The van der Waals surface area contributed by atoms with E-state index in [-0.39, 0.29) is 36.0 Å². The lowest BCUT2D eigenvalue weighted by molar-refractivity contribution is -0.140. The van der Waals surface area contributed by atoms with Gasteiger partial charge in [0.1, 0.15) is 5.76 Å². The number of morpholine rings is 1. The Bertz CT molecular complexity index is 1330. The highest BCUT2D eigenvalue weighted by Crippen LogP contribution is 2.54. The van der Waals surface area contributed by atoms with E-state index in [0.29, 0.717) is 67.2 Å². The SMILES string of the molecule is COc1ccc(C(O)=C2C(=O)C(=O)N(CCN3CCOCC3)C2c2cc(OC)c3c(c2OC)OCO3)cc1OC. The fourth-order valence-electron chi connectivity index (χ4n) is 5.25. The van der Waals surface area contributed by atoms with E-state index in [0.717, 1.165) is 0 Å². The van der Waals surface area contributed by atoms with E-state index in [9.17, 15) is 14.7 Å². The van der Waals surface area contributed by atoms with E-state index in [4.69, 9.17) is 33.2 Å². The van der Waals surface area contributed by atoms with Gasteiger partial charge in [0.25, 0.3) is 11.7 Å². The fourth-order valence-corrected chi connectivity index (χ4v) is 5.25. The van der Waals surface area contributed by atoms with Crippen molar-refractivity contribution in [2.45, 2.75) is 6.04 Å². The summed E-state index contributed by atoms with van der Waals surface area (Å²) in [6.45, 7) is 3.28. The summed E-state index contributed by atoms with van der Waals surface area (Å²) in [6, 6.07) is 5.39. The van der Waals surface area contributed by atoms with Crippen LogP contribution in [-0.4, -0.2) is 101 Å². The van der Waals surface area contributed by atoms with E-state index < -0.39 is 17.7 Å². The van der Waals surface area contributed by atoms with Crippen molar-refractivity contribution >= 4 is 17.4 Å². The van der Waals surface area contributed by atoms with Crippen molar-refractivity contribution in [3.05, 3.63) is 41.0 Å². The van der Waals surface area contributed by atoms with Crippen LogP contribution in [0.4, 0.5) is 0 Å². The molecule has 40 heavy (non-hydrogen) atoms. The van der Waals surface area contributed by atoms with E-state index in [2.05, 4.69) is 4.90 Å². The van der Waals surface area contributed by atoms with Gasteiger partial charge in [0.05, 0.1) is 53.3 Å². The highest BCUT2D eigenvalue weighted by molar-refractivity contribution is 6.46. The molecule has 0 aromatic heterocycles. The van der Waals surface area contributed by atoms with E-state index in [1.165, 1.54) is 33.3 Å². The first kappa shape index (κ1) is 27.4. The molecule has 12 heteroatoms. The lowest BCUT2D eigenvalue weighted by atomic mass is 9.93. The molecule has 2 fully saturated rings. The number of likely N-dealkylation sites (tertiary alicyclic amines) is 1. The second-order valence-corrected chi connectivity index (χ2v) is 9.28. The minimum Gasteiger partial charge on any atom is -0.507 e. The van der Waals surface area contributed by atoms with Gasteiger partial charge < -0.3 is 43.2 Å². The second-order valence-electron chi connectivity index (χ2n) is 9.28. The summed E-state index contributed by atoms with van der Waals surface area (Å²) in [5, 5.41) is 11.6. The molecule has 0 saturated carbocycles. The quantitative estimate of drug-likeness (QED) is 0.278. The fraction of sp³-hybridized carbons (Fsp3) is 0.429. The number of aliphatic hydroxyl groups is 1. The van der Waals surface area contributed by atoms with Crippen LogP contribution in [0.5, 0.6) is 34.5 Å². The van der Waals surface area contributed by atoms with Gasteiger partial charge in [-0.3, -0.25) is 14.5 Å². The Morgan fingerprint density at radius 1 is 0.900 bits per heavy atom. The molecule has 1 atom stereocenters. The zero-order valence-corrected chi connectivity index (χ0v) is 22.9. The molecule has 2 saturated heterocycles. The van der Waals surface area contributed by atoms with Crippen molar-refractivity contribution in [3.8, 4) is 34.5 Å². The maximum Gasteiger partial charge on any atom is 0.295 e. The van der Waals surface area contributed by atoms with Crippen molar-refractivity contribution in [2.24, 2.45) is 0 Å². The molecule has 12 nitrogen and oxygen atoms in total. The van der Waals surface area contributed by atoms with Crippen LogP contribution in [0.1, 0.15) is 17.2 Å². The molecule has 5 rings (SSSR count). The van der Waals surface area contributed by atoms with Crippen LogP contribution in [-0.2, 0) is 14.3 Å². The van der Waals surface area contributed by atoms with Gasteiger partial charge in [0, 0.05) is 37.3 Å². The van der Waals surface area contributed by atoms with Crippen LogP contribution < -0.4 is 28.4 Å². The molecular formula is C28H32N2O10. The topological polar surface area (TPSA) is 125 Å². The molecule has 0 radical (unpaired) electrons. The highest BCUT2D eigenvalue weighted by Gasteiger charge is 2.48. The number of carbonyl (C=O) groups excluding carboxylic acids is 2. The van der Waals surface area contributed by atoms with Gasteiger partial charge in [-0.25, -0.2) is 0 Å². The van der Waals surface area contributed by atoms with Crippen molar-refractivity contribution < 1.29 is 47.9 Å². The first-order valence-corrected chi connectivity index (χ1v) is 12.8. The number of amides is 1. The number of ketones is 1. The van der Waals surface area contributed by atoms with Crippen molar-refractivity contribution in [1.29, 1.82) is 0 Å². The van der Waals surface area contributed by atoms with Crippen molar-refractivity contribution in [3.63, 3.8) is 0 Å². The third-order valence-electron chi connectivity index (χ3n) is 7.27. The minimum absolute atomic E-state index is 0.0473. The van der Waals surface area contributed by atoms with Gasteiger partial charge in [-0.15, -0.1) is 0 Å².